The molecule has 1 amide bonds. The van der Waals surface area contributed by atoms with Crippen LogP contribution in [0.15, 0.2) is 24.3 Å². The lowest BCUT2D eigenvalue weighted by molar-refractivity contribution is -0.121. The van der Waals surface area contributed by atoms with Crippen molar-refractivity contribution in [1.29, 1.82) is 5.26 Å². The number of nitrogens with one attached hydrogen (secondary N) is 1. The first-order chi connectivity index (χ1) is 10.0. The van der Waals surface area contributed by atoms with Gasteiger partial charge in [-0.1, -0.05) is 18.2 Å². The number of nitriles is 1. The highest BCUT2D eigenvalue weighted by atomic mass is 16.4. The van der Waals surface area contributed by atoms with Crippen LogP contribution < -0.4 is 5.32 Å². The lowest BCUT2D eigenvalue weighted by atomic mass is 10.0. The molecule has 21 heavy (non-hydrogen) atoms. The maximum Gasteiger partial charge on any atom is 0.335 e. The molecule has 0 aliphatic heterocycles. The Morgan fingerprint density at radius 2 is 2.10 bits per heavy atom. The van der Waals surface area contributed by atoms with Gasteiger partial charge in [0.05, 0.1) is 24.6 Å². The number of carboxylic acids is 1. The minimum Gasteiger partial charge on any atom is -0.478 e. The van der Waals surface area contributed by atoms with Crippen molar-refractivity contribution in [1.82, 2.24) is 10.2 Å². The van der Waals surface area contributed by atoms with Crippen LogP contribution in [0.2, 0.25) is 0 Å². The van der Waals surface area contributed by atoms with E-state index in [-0.39, 0.29) is 12.5 Å². The molecule has 6 heteroatoms. The number of likely N-dealkylation sites (N-methyl/N-ethyl adjacent to an activating group) is 1. The number of aromatic carboxylic acids is 1. The van der Waals surface area contributed by atoms with Crippen LogP contribution in [0, 0.1) is 11.3 Å². The fourth-order valence-corrected chi connectivity index (χ4v) is 1.90. The summed E-state index contributed by atoms with van der Waals surface area (Å²) >= 11 is 0. The molecular weight excluding hydrogens is 270 g/mol. The van der Waals surface area contributed by atoms with Crippen LogP contribution in [0.3, 0.4) is 0 Å². The predicted molar refractivity (Wildman–Crippen MR) is 77.8 cm³/mol. The maximum absolute atomic E-state index is 11.6. The topological polar surface area (TPSA) is 93.4 Å². The van der Waals surface area contributed by atoms with Crippen LogP contribution >= 0.6 is 0 Å². The third kappa shape index (κ3) is 6.06. The summed E-state index contributed by atoms with van der Waals surface area (Å²) in [7, 11) is 1.80. The summed E-state index contributed by atoms with van der Waals surface area (Å²) in [5.41, 5.74) is 1.05. The average molecular weight is 289 g/mol. The molecule has 0 bridgehead atoms. The van der Waals surface area contributed by atoms with Gasteiger partial charge in [0.1, 0.15) is 0 Å². The molecule has 1 aromatic carbocycles. The first-order valence-corrected chi connectivity index (χ1v) is 6.68. The Labute approximate surface area is 124 Å². The second-order valence-electron chi connectivity index (χ2n) is 4.71. The monoisotopic (exact) mass is 289 g/mol. The number of rotatable bonds is 8. The summed E-state index contributed by atoms with van der Waals surface area (Å²) in [4.78, 5) is 24.5. The molecule has 0 aliphatic rings. The molecule has 0 radical (unpaired) electrons. The number of carboxylic acid groups (broad SMARTS) is 1. The number of carbonyl (C=O) groups excluding carboxylic acids is 1. The molecule has 1 aromatic rings. The number of carbonyl (C=O) groups is 2. The fraction of sp³-hybridized carbons (Fsp3) is 0.400. The van der Waals surface area contributed by atoms with Crippen molar-refractivity contribution in [3.63, 3.8) is 0 Å². The summed E-state index contributed by atoms with van der Waals surface area (Å²) in [5.74, 6) is -1.08. The fourth-order valence-electron chi connectivity index (χ4n) is 1.90. The lowest BCUT2D eigenvalue weighted by Gasteiger charge is -2.16. The van der Waals surface area contributed by atoms with Crippen molar-refractivity contribution < 1.29 is 14.7 Å². The minimum absolute atomic E-state index is 0.140. The van der Waals surface area contributed by atoms with Crippen LogP contribution in [-0.4, -0.2) is 48.6 Å². The molecule has 112 valence electrons. The first kappa shape index (κ1) is 16.7. The molecule has 0 fully saturated rings. The first-order valence-electron chi connectivity index (χ1n) is 6.68. The van der Waals surface area contributed by atoms with Crippen LogP contribution in [0.5, 0.6) is 0 Å². The molecule has 0 aliphatic carbocycles. The van der Waals surface area contributed by atoms with Crippen molar-refractivity contribution in [2.24, 2.45) is 0 Å². The maximum atomic E-state index is 11.6. The highest BCUT2D eigenvalue weighted by molar-refractivity contribution is 5.89. The molecule has 0 heterocycles. The van der Waals surface area contributed by atoms with E-state index in [0.717, 1.165) is 5.56 Å². The molecule has 0 spiro atoms. The number of benzene rings is 1. The lowest BCUT2D eigenvalue weighted by Crippen LogP contribution is -2.36. The molecule has 0 saturated carbocycles. The highest BCUT2D eigenvalue weighted by Crippen LogP contribution is 2.09. The zero-order chi connectivity index (χ0) is 15.7. The summed E-state index contributed by atoms with van der Waals surface area (Å²) in [6, 6.07) is 8.81. The van der Waals surface area contributed by atoms with E-state index in [1.54, 1.807) is 31.3 Å². The molecule has 6 nitrogen and oxygen atoms in total. The van der Waals surface area contributed by atoms with Gasteiger partial charge in [0.2, 0.25) is 5.91 Å². The Morgan fingerprint density at radius 3 is 2.76 bits per heavy atom. The Hall–Kier alpha value is -2.39. The van der Waals surface area contributed by atoms with Crippen LogP contribution in [0.1, 0.15) is 22.3 Å². The molecule has 2 N–H and O–H groups in total. The summed E-state index contributed by atoms with van der Waals surface area (Å²) in [5, 5.41) is 20.1. The van der Waals surface area contributed by atoms with Gasteiger partial charge >= 0.3 is 5.97 Å². The van der Waals surface area contributed by atoms with Gasteiger partial charge in [-0.15, -0.1) is 0 Å². The third-order valence-electron chi connectivity index (χ3n) is 2.98. The van der Waals surface area contributed by atoms with E-state index in [1.165, 1.54) is 0 Å². The molecule has 0 unspecified atom stereocenters. The van der Waals surface area contributed by atoms with E-state index in [4.69, 9.17) is 10.4 Å². The Morgan fingerprint density at radius 1 is 1.38 bits per heavy atom. The van der Waals surface area contributed by atoms with E-state index in [9.17, 15) is 9.59 Å². The number of amides is 1. The van der Waals surface area contributed by atoms with Crippen LogP contribution in [-0.2, 0) is 11.2 Å². The van der Waals surface area contributed by atoms with Crippen molar-refractivity contribution in [3.8, 4) is 6.07 Å². The molecule has 0 atom stereocenters. The number of nitrogens with zero attached hydrogens (tertiary/aromatic N) is 2. The normalized spacial score (nSPS) is 10.1. The molecule has 0 saturated heterocycles. The smallest absolute Gasteiger partial charge is 0.335 e. The molecular formula is C15H19N3O3. The second-order valence-corrected chi connectivity index (χ2v) is 4.71. The predicted octanol–water partition coefficient (Wildman–Crippen LogP) is 0.889. The van der Waals surface area contributed by atoms with Crippen molar-refractivity contribution in [3.05, 3.63) is 35.4 Å². The van der Waals surface area contributed by atoms with Crippen molar-refractivity contribution >= 4 is 11.9 Å². The van der Waals surface area contributed by atoms with Gasteiger partial charge in [0.15, 0.2) is 0 Å². The zero-order valence-electron chi connectivity index (χ0n) is 12.0. The van der Waals surface area contributed by atoms with Crippen LogP contribution in [0.4, 0.5) is 0 Å². The van der Waals surface area contributed by atoms with E-state index in [2.05, 4.69) is 5.32 Å². The highest BCUT2D eigenvalue weighted by Gasteiger charge is 2.11. The van der Waals surface area contributed by atoms with Gasteiger partial charge in [-0.3, -0.25) is 9.69 Å². The van der Waals surface area contributed by atoms with Crippen molar-refractivity contribution in [2.75, 3.05) is 26.7 Å². The largest absolute Gasteiger partial charge is 0.478 e. The minimum atomic E-state index is -0.942. The number of hydrogen-bond donors (Lipinski definition) is 2. The van der Waals surface area contributed by atoms with E-state index < -0.39 is 5.97 Å². The average Bonchev–Trinajstić information content (AvgIpc) is 2.45. The summed E-state index contributed by atoms with van der Waals surface area (Å²) in [6.07, 6.45) is 0.853. The van der Waals surface area contributed by atoms with Gasteiger partial charge in [0, 0.05) is 13.1 Å². The van der Waals surface area contributed by atoms with E-state index >= 15 is 0 Å². The quantitative estimate of drug-likeness (QED) is 0.693. The van der Waals surface area contributed by atoms with Crippen molar-refractivity contribution in [2.45, 2.75) is 12.8 Å². The Bertz CT molecular complexity index is 537. The zero-order valence-corrected chi connectivity index (χ0v) is 12.0. The van der Waals surface area contributed by atoms with Crippen LogP contribution in [0.25, 0.3) is 0 Å². The number of hydrogen-bond acceptors (Lipinski definition) is 4. The summed E-state index contributed by atoms with van der Waals surface area (Å²) < 4.78 is 0. The molecule has 1 rings (SSSR count). The molecule has 0 aromatic heterocycles. The Kier molecular flexibility index (Phi) is 6.92. The Balaban J connectivity index is 2.43. The van der Waals surface area contributed by atoms with E-state index in [0.29, 0.717) is 31.5 Å². The third-order valence-corrected chi connectivity index (χ3v) is 2.98. The van der Waals surface area contributed by atoms with E-state index in [1.807, 2.05) is 11.0 Å². The van der Waals surface area contributed by atoms with Gasteiger partial charge < -0.3 is 10.4 Å². The van der Waals surface area contributed by atoms with Gasteiger partial charge in [-0.25, -0.2) is 4.79 Å². The van der Waals surface area contributed by atoms with Gasteiger partial charge in [-0.05, 0) is 25.1 Å². The summed E-state index contributed by atoms with van der Waals surface area (Å²) in [6.45, 7) is 1.15. The SMILES string of the molecule is CN(CCc1ccccc1C(=O)O)CC(=O)NCCC#N. The second kappa shape index (κ2) is 8.72. The van der Waals surface area contributed by atoms with Gasteiger partial charge in [-0.2, -0.15) is 5.26 Å². The standard InChI is InChI=1S/C15H19N3O3/c1-18(11-14(19)17-9-4-8-16)10-7-12-5-2-3-6-13(12)15(20)21/h2-3,5-6H,4,7,9-11H2,1H3,(H,17,19)(H,20,21). The van der Waals surface area contributed by atoms with Gasteiger partial charge in [0.25, 0.3) is 0 Å².